The van der Waals surface area contributed by atoms with Gasteiger partial charge in [-0.25, -0.2) is 18.5 Å². The lowest BCUT2D eigenvalue weighted by atomic mass is 9.97. The van der Waals surface area contributed by atoms with Crippen LogP contribution in [0.25, 0.3) is 5.52 Å². The van der Waals surface area contributed by atoms with Crippen LogP contribution in [0.1, 0.15) is 153 Å². The van der Waals surface area contributed by atoms with Crippen molar-refractivity contribution in [1.29, 1.82) is 5.26 Å². The highest BCUT2D eigenvalue weighted by molar-refractivity contribution is 7.47. The van der Waals surface area contributed by atoms with Crippen LogP contribution in [-0.4, -0.2) is 75.6 Å². The van der Waals surface area contributed by atoms with Gasteiger partial charge in [0.15, 0.2) is 11.6 Å². The van der Waals surface area contributed by atoms with Crippen molar-refractivity contribution in [2.45, 2.75) is 173 Å². The second-order valence-electron chi connectivity index (χ2n) is 16.9. The van der Waals surface area contributed by atoms with Crippen LogP contribution in [0, 0.1) is 17.1 Å². The fourth-order valence-electron chi connectivity index (χ4n) is 7.99. The number of nitrogens with two attached hydrogens (primary N) is 1. The van der Waals surface area contributed by atoms with Crippen LogP contribution >= 0.6 is 7.82 Å². The molecule has 3 aromatic rings. The summed E-state index contributed by atoms with van der Waals surface area (Å²) in [5.74, 6) is -1.23. The number of nitriles is 1. The lowest BCUT2D eigenvalue weighted by molar-refractivity contribution is -0.212. The van der Waals surface area contributed by atoms with E-state index < -0.39 is 49.4 Å². The summed E-state index contributed by atoms with van der Waals surface area (Å²) in [5.41, 5.74) is 6.65. The molecule has 16 heteroatoms. The van der Waals surface area contributed by atoms with Crippen molar-refractivity contribution in [3.05, 3.63) is 59.3 Å². The maximum atomic E-state index is 14.2. The van der Waals surface area contributed by atoms with Gasteiger partial charge in [0, 0.05) is 6.61 Å². The number of anilines is 1. The lowest BCUT2D eigenvalue weighted by Crippen LogP contribution is -2.44. The third kappa shape index (κ3) is 14.5. The molecule has 334 valence electrons. The summed E-state index contributed by atoms with van der Waals surface area (Å²) < 4.78 is 71.1. The van der Waals surface area contributed by atoms with Crippen molar-refractivity contribution >= 4 is 19.2 Å². The molecule has 0 bridgehead atoms. The molecular formula is C44H67FN5O9P. The van der Waals surface area contributed by atoms with Crippen LogP contribution < -0.4 is 5.73 Å². The van der Waals surface area contributed by atoms with E-state index in [4.69, 9.17) is 38.5 Å². The number of ether oxygens (including phenoxy) is 5. The topological polar surface area (TPSA) is 182 Å². The highest BCUT2D eigenvalue weighted by Gasteiger charge is 2.62. The zero-order valence-electron chi connectivity index (χ0n) is 36.0. The van der Waals surface area contributed by atoms with E-state index in [1.165, 1.54) is 102 Å². The standard InChI is InChI=1S/C44H67FN5O9P/c1-5-6-7-8-9-10-11-12-13-14-15-16-17-18-19-20-23-53-29-36(54-28-34-24-33(27-46)25-35(45)26-34)30-55-60(51,52)56-31-44(4)41-40(57-43(2,3)59-41)39(58-44)37-21-22-38-42(47)48-32-49-50(37)38/h21-22,24-26,32,36,39-41H,5-20,23,28-31H2,1-4H3,(H,51,52)(H2,47,48,49)/t36-,39+,40+,41+,44-/m1/s1. The van der Waals surface area contributed by atoms with Crippen molar-refractivity contribution in [1.82, 2.24) is 14.6 Å². The summed E-state index contributed by atoms with van der Waals surface area (Å²) in [4.78, 5) is 14.9. The summed E-state index contributed by atoms with van der Waals surface area (Å²) in [6, 6.07) is 9.47. The number of unbranched alkanes of at least 4 members (excludes halogenated alkanes) is 15. The summed E-state index contributed by atoms with van der Waals surface area (Å²) in [5, 5.41) is 13.6. The van der Waals surface area contributed by atoms with Crippen molar-refractivity contribution in [2.75, 3.05) is 32.2 Å². The molecule has 2 aliphatic rings. The first kappa shape index (κ1) is 48.0. The predicted molar refractivity (Wildman–Crippen MR) is 225 cm³/mol. The molecule has 0 radical (unpaired) electrons. The molecule has 0 aliphatic carbocycles. The first-order valence-electron chi connectivity index (χ1n) is 22.0. The van der Waals surface area contributed by atoms with Crippen LogP contribution in [0.15, 0.2) is 36.7 Å². The molecule has 1 unspecified atom stereocenters. The van der Waals surface area contributed by atoms with Gasteiger partial charge in [-0.1, -0.05) is 103 Å². The van der Waals surface area contributed by atoms with E-state index >= 15 is 0 Å². The van der Waals surface area contributed by atoms with Crippen LogP contribution in [0.5, 0.6) is 0 Å². The Balaban J connectivity index is 1.07. The van der Waals surface area contributed by atoms with E-state index in [-0.39, 0.29) is 32.0 Å². The van der Waals surface area contributed by atoms with E-state index in [9.17, 15) is 19.1 Å². The molecule has 60 heavy (non-hydrogen) atoms. The minimum Gasteiger partial charge on any atom is -0.382 e. The number of rotatable bonds is 29. The van der Waals surface area contributed by atoms with Crippen molar-refractivity contribution < 1.29 is 46.6 Å². The highest BCUT2D eigenvalue weighted by atomic mass is 31.2. The van der Waals surface area contributed by atoms with Gasteiger partial charge in [-0.2, -0.15) is 10.4 Å². The Morgan fingerprint density at radius 3 is 2.22 bits per heavy atom. The largest absolute Gasteiger partial charge is 0.472 e. The molecule has 0 amide bonds. The van der Waals surface area contributed by atoms with Gasteiger partial charge in [0.2, 0.25) is 0 Å². The molecule has 2 aliphatic heterocycles. The monoisotopic (exact) mass is 859 g/mol. The molecular weight excluding hydrogens is 792 g/mol. The van der Waals surface area contributed by atoms with E-state index in [1.54, 1.807) is 31.4 Å². The molecule has 0 spiro atoms. The molecule has 2 aromatic heterocycles. The van der Waals surface area contributed by atoms with Gasteiger partial charge in [-0.05, 0) is 63.1 Å². The van der Waals surface area contributed by atoms with Crippen molar-refractivity contribution in [3.8, 4) is 6.07 Å². The number of hydrogen-bond donors (Lipinski definition) is 2. The third-order valence-electron chi connectivity index (χ3n) is 11.2. The van der Waals surface area contributed by atoms with Gasteiger partial charge in [-0.3, -0.25) is 9.05 Å². The number of halogens is 1. The summed E-state index contributed by atoms with van der Waals surface area (Å²) >= 11 is 0. The van der Waals surface area contributed by atoms with Crippen LogP contribution in [0.3, 0.4) is 0 Å². The highest BCUT2D eigenvalue weighted by Crippen LogP contribution is 2.52. The summed E-state index contributed by atoms with van der Waals surface area (Å²) in [7, 11) is -4.69. The minimum absolute atomic E-state index is 0.0605. The fraction of sp³-hybridized carbons (Fsp3) is 0.705. The lowest BCUT2D eigenvalue weighted by Gasteiger charge is -2.31. The number of benzene rings is 1. The molecule has 3 N–H and O–H groups in total. The number of nitrogens with zero attached hydrogens (tertiary/aromatic N) is 4. The normalized spacial score (nSPS) is 22.5. The minimum atomic E-state index is -4.69. The second-order valence-corrected chi connectivity index (χ2v) is 18.3. The molecule has 14 nitrogen and oxygen atoms in total. The van der Waals surface area contributed by atoms with Gasteiger partial charge < -0.3 is 34.3 Å². The Hall–Kier alpha value is -3.03. The average Bonchev–Trinajstić information content (AvgIpc) is 3.87. The van der Waals surface area contributed by atoms with Gasteiger partial charge >= 0.3 is 7.82 Å². The number of fused-ring (bicyclic) bond motifs is 2. The number of aromatic nitrogens is 3. The molecule has 5 rings (SSSR count). The Kier molecular flexibility index (Phi) is 18.7. The van der Waals surface area contributed by atoms with Crippen molar-refractivity contribution in [3.63, 3.8) is 0 Å². The summed E-state index contributed by atoms with van der Waals surface area (Å²) in [6.45, 7) is 7.29. The fourth-order valence-corrected chi connectivity index (χ4v) is 8.84. The first-order valence-corrected chi connectivity index (χ1v) is 23.4. The van der Waals surface area contributed by atoms with E-state index in [0.29, 0.717) is 29.2 Å². The zero-order chi connectivity index (χ0) is 43.0. The maximum Gasteiger partial charge on any atom is 0.472 e. The number of phosphoric acid groups is 1. The molecule has 0 saturated carbocycles. The molecule has 4 heterocycles. The number of phosphoric ester groups is 1. The first-order chi connectivity index (χ1) is 28.8. The zero-order valence-corrected chi connectivity index (χ0v) is 36.9. The van der Waals surface area contributed by atoms with Crippen LogP contribution in [-0.2, 0) is 43.9 Å². The molecule has 6 atom stereocenters. The number of nitrogen functional groups attached to an aromatic ring is 1. The Labute approximate surface area is 355 Å². The smallest absolute Gasteiger partial charge is 0.382 e. The van der Waals surface area contributed by atoms with Crippen LogP contribution in [0.4, 0.5) is 10.2 Å². The Bertz CT molecular complexity index is 1860. The Morgan fingerprint density at radius 1 is 0.917 bits per heavy atom. The molecule has 2 fully saturated rings. The third-order valence-corrected chi connectivity index (χ3v) is 12.1. The van der Waals surface area contributed by atoms with Gasteiger partial charge in [-0.15, -0.1) is 0 Å². The molecule has 1 aromatic carbocycles. The predicted octanol–water partition coefficient (Wildman–Crippen LogP) is 9.67. The van der Waals surface area contributed by atoms with E-state index in [2.05, 4.69) is 17.0 Å². The maximum absolute atomic E-state index is 14.2. The average molecular weight is 860 g/mol. The second kappa shape index (κ2) is 23.4. The van der Waals surface area contributed by atoms with E-state index in [1.807, 2.05) is 12.1 Å². The number of hydrogen-bond acceptors (Lipinski definition) is 12. The Morgan fingerprint density at radius 2 is 1.57 bits per heavy atom. The van der Waals surface area contributed by atoms with Gasteiger partial charge in [0.05, 0.1) is 43.8 Å². The van der Waals surface area contributed by atoms with Crippen LogP contribution in [0.2, 0.25) is 0 Å². The van der Waals surface area contributed by atoms with Crippen molar-refractivity contribution in [2.24, 2.45) is 0 Å². The van der Waals surface area contributed by atoms with Gasteiger partial charge in [0.1, 0.15) is 47.7 Å². The summed E-state index contributed by atoms with van der Waals surface area (Å²) in [6.07, 6.45) is 19.0. The quantitative estimate of drug-likeness (QED) is 0.0498. The van der Waals surface area contributed by atoms with Gasteiger partial charge in [0.25, 0.3) is 0 Å². The van der Waals surface area contributed by atoms with E-state index in [0.717, 1.165) is 25.3 Å². The molecule has 2 saturated heterocycles. The SMILES string of the molecule is CCCCCCCCCCCCCCCCCCOC[C@H](COP(=O)(O)OC[C@@]1(C)O[C@@H](c2ccc3c(N)ncnn23)[C@@H]2OC(C)(C)O[C@@H]21)OCc1cc(F)cc(C#N)c1.